The molecule has 0 spiro atoms. The Morgan fingerprint density at radius 3 is 2.22 bits per heavy atom. The number of methoxy groups -OCH3 is 2. The zero-order valence-electron chi connectivity index (χ0n) is 18.2. The van der Waals surface area contributed by atoms with Crippen molar-refractivity contribution in [3.63, 3.8) is 0 Å². The van der Waals surface area contributed by atoms with Gasteiger partial charge in [0.15, 0.2) is 5.60 Å². The molecule has 154 valence electrons. The fourth-order valence-corrected chi connectivity index (χ4v) is 4.42. The van der Waals surface area contributed by atoms with Gasteiger partial charge in [0.05, 0.1) is 7.11 Å². The number of benzene rings is 1. The molecule has 0 amide bonds. The van der Waals surface area contributed by atoms with Gasteiger partial charge in [0.1, 0.15) is 5.75 Å². The van der Waals surface area contributed by atoms with E-state index in [0.717, 1.165) is 30.1 Å². The summed E-state index contributed by atoms with van der Waals surface area (Å²) in [7, 11) is 3.39. The highest BCUT2D eigenvalue weighted by molar-refractivity contribution is 5.35. The van der Waals surface area contributed by atoms with Gasteiger partial charge >= 0.3 is 0 Å². The fourth-order valence-electron chi connectivity index (χ4n) is 4.42. The lowest BCUT2D eigenvalue weighted by atomic mass is 9.66. The molecule has 0 N–H and O–H groups in total. The van der Waals surface area contributed by atoms with Crippen molar-refractivity contribution in [1.29, 1.82) is 0 Å². The third-order valence-corrected chi connectivity index (χ3v) is 6.66. The first-order valence-electron chi connectivity index (χ1n) is 10.5. The molecule has 4 nitrogen and oxygen atoms in total. The maximum Gasteiger partial charge on any atom is 0.260 e. The summed E-state index contributed by atoms with van der Waals surface area (Å²) in [4.78, 5) is 11.8. The van der Waals surface area contributed by atoms with Crippen LogP contribution >= 0.6 is 0 Å². The number of hydrogen-bond acceptors (Lipinski definition) is 4. The number of ether oxygens (including phenoxy) is 2. The Balaban J connectivity index is 2.35. The molecule has 1 aromatic carbocycles. The summed E-state index contributed by atoms with van der Waals surface area (Å²) in [6.07, 6.45) is 5.75. The van der Waals surface area contributed by atoms with E-state index < -0.39 is 11.4 Å². The Kier molecular flexibility index (Phi) is 7.73. The maximum atomic E-state index is 6.07. The Hall–Kier alpha value is -1.10. The third kappa shape index (κ3) is 3.90. The molecule has 1 saturated heterocycles. The predicted molar refractivity (Wildman–Crippen MR) is 109 cm³/mol. The van der Waals surface area contributed by atoms with Gasteiger partial charge in [0.2, 0.25) is 0 Å². The molecule has 0 aromatic heterocycles. The summed E-state index contributed by atoms with van der Waals surface area (Å²) in [6, 6.07) is 7.95. The zero-order valence-corrected chi connectivity index (χ0v) is 18.2. The summed E-state index contributed by atoms with van der Waals surface area (Å²) < 4.78 is 11.5. The molecule has 5 atom stereocenters. The van der Waals surface area contributed by atoms with Gasteiger partial charge in [-0.1, -0.05) is 72.4 Å². The molecular formula is C23H38O4. The smallest absolute Gasteiger partial charge is 0.260 e. The van der Waals surface area contributed by atoms with E-state index >= 15 is 0 Å². The zero-order chi connectivity index (χ0) is 20.1. The van der Waals surface area contributed by atoms with Crippen molar-refractivity contribution in [3.05, 3.63) is 29.8 Å². The van der Waals surface area contributed by atoms with Crippen LogP contribution in [0.5, 0.6) is 5.75 Å². The molecule has 0 bridgehead atoms. The van der Waals surface area contributed by atoms with Crippen molar-refractivity contribution in [1.82, 2.24) is 0 Å². The second kappa shape index (κ2) is 9.40. The summed E-state index contributed by atoms with van der Waals surface area (Å²) in [5.74, 6) is 1.24. The van der Waals surface area contributed by atoms with E-state index in [-0.39, 0.29) is 5.92 Å². The highest BCUT2D eigenvalue weighted by Crippen LogP contribution is 2.58. The predicted octanol–water partition coefficient (Wildman–Crippen LogP) is 6.09. The molecule has 0 radical (unpaired) electrons. The van der Waals surface area contributed by atoms with Crippen molar-refractivity contribution < 1.29 is 19.2 Å². The van der Waals surface area contributed by atoms with Gasteiger partial charge in [-0.15, -0.1) is 0 Å². The largest absolute Gasteiger partial charge is 0.497 e. The first-order valence-corrected chi connectivity index (χ1v) is 10.5. The van der Waals surface area contributed by atoms with Gasteiger partial charge in [0.25, 0.3) is 5.79 Å². The van der Waals surface area contributed by atoms with E-state index in [4.69, 9.17) is 19.2 Å². The summed E-state index contributed by atoms with van der Waals surface area (Å²) in [6.45, 7) is 11.3. The molecule has 1 fully saturated rings. The van der Waals surface area contributed by atoms with Crippen LogP contribution in [0.25, 0.3) is 0 Å². The van der Waals surface area contributed by atoms with Crippen LogP contribution in [0.15, 0.2) is 24.3 Å². The van der Waals surface area contributed by atoms with E-state index in [1.165, 1.54) is 19.3 Å². The van der Waals surface area contributed by atoms with Crippen molar-refractivity contribution in [2.45, 2.75) is 78.1 Å². The SMILES string of the molecule is CCC(C)CCCC(C)C1(C(C)CC)OOC1(OC)c1cccc(OC)c1. The molecule has 1 aromatic rings. The van der Waals surface area contributed by atoms with Crippen LogP contribution in [0.4, 0.5) is 0 Å². The molecule has 0 aliphatic carbocycles. The normalized spacial score (nSPS) is 28.3. The summed E-state index contributed by atoms with van der Waals surface area (Å²) in [5, 5.41) is 0. The quantitative estimate of drug-likeness (QED) is 0.436. The third-order valence-electron chi connectivity index (χ3n) is 6.66. The van der Waals surface area contributed by atoms with E-state index in [2.05, 4.69) is 34.6 Å². The molecule has 0 saturated carbocycles. The fraction of sp³-hybridized carbons (Fsp3) is 0.739. The molecule has 4 heteroatoms. The maximum absolute atomic E-state index is 6.07. The Morgan fingerprint density at radius 2 is 1.70 bits per heavy atom. The van der Waals surface area contributed by atoms with Crippen LogP contribution < -0.4 is 4.74 Å². The monoisotopic (exact) mass is 378 g/mol. The molecule has 1 heterocycles. The minimum Gasteiger partial charge on any atom is -0.497 e. The van der Waals surface area contributed by atoms with E-state index in [1.54, 1.807) is 14.2 Å². The first kappa shape index (κ1) is 22.2. The van der Waals surface area contributed by atoms with Crippen LogP contribution in [0.3, 0.4) is 0 Å². The van der Waals surface area contributed by atoms with Gasteiger partial charge in [-0.05, 0) is 36.3 Å². The second-order valence-electron chi connectivity index (χ2n) is 8.17. The molecular weight excluding hydrogens is 340 g/mol. The van der Waals surface area contributed by atoms with Crippen LogP contribution in [0.2, 0.25) is 0 Å². The van der Waals surface area contributed by atoms with Crippen LogP contribution in [0, 0.1) is 17.8 Å². The topological polar surface area (TPSA) is 36.9 Å². The van der Waals surface area contributed by atoms with Gasteiger partial charge in [-0.3, -0.25) is 0 Å². The molecule has 2 rings (SSSR count). The van der Waals surface area contributed by atoms with Crippen molar-refractivity contribution in [2.75, 3.05) is 14.2 Å². The van der Waals surface area contributed by atoms with Crippen molar-refractivity contribution in [3.8, 4) is 5.75 Å². The summed E-state index contributed by atoms with van der Waals surface area (Å²) in [5.41, 5.74) is 0.433. The molecule has 27 heavy (non-hydrogen) atoms. The standard InChI is InChI=1S/C23H38O4/c1-8-17(3)12-10-13-19(5)22(18(4)9-2)23(25-7,27-26-22)20-14-11-15-21(16-20)24-6/h11,14-19H,8-10,12-13H2,1-7H3. The van der Waals surface area contributed by atoms with E-state index in [0.29, 0.717) is 5.92 Å². The molecule has 5 unspecified atom stereocenters. The minimum absolute atomic E-state index is 0.288. The average molecular weight is 379 g/mol. The van der Waals surface area contributed by atoms with Crippen LogP contribution in [0.1, 0.15) is 72.3 Å². The lowest BCUT2D eigenvalue weighted by molar-refractivity contribution is -0.636. The van der Waals surface area contributed by atoms with Gasteiger partial charge in [0, 0.05) is 12.7 Å². The van der Waals surface area contributed by atoms with Crippen molar-refractivity contribution >= 4 is 0 Å². The lowest BCUT2D eigenvalue weighted by Crippen LogP contribution is -2.71. The second-order valence-corrected chi connectivity index (χ2v) is 8.17. The molecule has 1 aliphatic heterocycles. The number of rotatable bonds is 11. The van der Waals surface area contributed by atoms with E-state index in [9.17, 15) is 0 Å². The average Bonchev–Trinajstić information content (AvgIpc) is 2.68. The van der Waals surface area contributed by atoms with E-state index in [1.807, 2.05) is 24.3 Å². The van der Waals surface area contributed by atoms with Gasteiger partial charge in [-0.2, -0.15) is 4.89 Å². The highest BCUT2D eigenvalue weighted by atomic mass is 17.3. The van der Waals surface area contributed by atoms with Gasteiger partial charge < -0.3 is 9.47 Å². The highest BCUT2D eigenvalue weighted by Gasteiger charge is 2.70. The van der Waals surface area contributed by atoms with Gasteiger partial charge in [-0.25, -0.2) is 4.89 Å². The number of hydrogen-bond donors (Lipinski definition) is 0. The minimum atomic E-state index is -0.910. The Morgan fingerprint density at radius 1 is 0.963 bits per heavy atom. The first-order chi connectivity index (χ1) is 12.9. The van der Waals surface area contributed by atoms with Crippen molar-refractivity contribution in [2.24, 2.45) is 17.8 Å². The summed E-state index contributed by atoms with van der Waals surface area (Å²) >= 11 is 0. The molecule has 1 aliphatic rings. The Bertz CT molecular complexity index is 585. The Labute approximate surface area is 165 Å². The van der Waals surface area contributed by atoms with Crippen LogP contribution in [-0.4, -0.2) is 19.8 Å². The van der Waals surface area contributed by atoms with Crippen LogP contribution in [-0.2, 0) is 20.3 Å². The lowest BCUT2D eigenvalue weighted by Gasteiger charge is -2.60.